The topological polar surface area (TPSA) is 73.4 Å². The van der Waals surface area contributed by atoms with Gasteiger partial charge in [-0.1, -0.05) is 19.9 Å². The minimum Gasteiger partial charge on any atom is -0.480 e. The van der Waals surface area contributed by atoms with E-state index in [-0.39, 0.29) is 18.4 Å². The van der Waals surface area contributed by atoms with Crippen LogP contribution in [0.15, 0.2) is 18.2 Å². The number of nitrogens with one attached hydrogen (secondary N) is 1. The van der Waals surface area contributed by atoms with E-state index in [2.05, 4.69) is 4.98 Å². The number of hydrogen-bond acceptors (Lipinski definition) is 2. The third kappa shape index (κ3) is 3.30. The average molecular weight is 302 g/mol. The van der Waals surface area contributed by atoms with E-state index in [0.29, 0.717) is 12.2 Å². The number of carboxylic acid groups (broad SMARTS) is 1. The quantitative estimate of drug-likeness (QED) is 0.891. The van der Waals surface area contributed by atoms with Crippen LogP contribution in [0.5, 0.6) is 0 Å². The molecule has 5 heteroatoms. The minimum atomic E-state index is -1.00. The van der Waals surface area contributed by atoms with Gasteiger partial charge in [0.1, 0.15) is 12.2 Å². The van der Waals surface area contributed by atoms with Crippen LogP contribution >= 0.6 is 0 Å². The summed E-state index contributed by atoms with van der Waals surface area (Å²) in [6.45, 7) is 8.09. The SMILES string of the molecule is Cc1ccc2[nH]c(C(=O)N(CC(=O)O)CC(C)C)cc2c1C. The van der Waals surface area contributed by atoms with Crippen molar-refractivity contribution in [3.8, 4) is 0 Å². The molecule has 1 aromatic carbocycles. The summed E-state index contributed by atoms with van der Waals surface area (Å²) in [4.78, 5) is 28.1. The van der Waals surface area contributed by atoms with Crippen molar-refractivity contribution in [2.45, 2.75) is 27.7 Å². The summed E-state index contributed by atoms with van der Waals surface area (Å²) in [5.41, 5.74) is 3.62. The summed E-state index contributed by atoms with van der Waals surface area (Å²) < 4.78 is 0. The Hall–Kier alpha value is -2.30. The summed E-state index contributed by atoms with van der Waals surface area (Å²) >= 11 is 0. The summed E-state index contributed by atoms with van der Waals surface area (Å²) in [6.07, 6.45) is 0. The molecule has 0 atom stereocenters. The van der Waals surface area contributed by atoms with Crippen molar-refractivity contribution in [2.75, 3.05) is 13.1 Å². The molecule has 2 aromatic rings. The first kappa shape index (κ1) is 16.1. The number of aryl methyl sites for hydroxylation is 2. The fourth-order valence-corrected chi connectivity index (χ4v) is 2.57. The highest BCUT2D eigenvalue weighted by atomic mass is 16.4. The number of carbonyl (C=O) groups is 2. The Morgan fingerprint density at radius 3 is 2.55 bits per heavy atom. The van der Waals surface area contributed by atoms with Gasteiger partial charge in [-0.15, -0.1) is 0 Å². The maximum atomic E-state index is 12.6. The van der Waals surface area contributed by atoms with Crippen LogP contribution < -0.4 is 0 Å². The Balaban J connectivity index is 2.37. The van der Waals surface area contributed by atoms with Gasteiger partial charge in [0, 0.05) is 17.4 Å². The minimum absolute atomic E-state index is 0.205. The van der Waals surface area contributed by atoms with E-state index < -0.39 is 5.97 Å². The lowest BCUT2D eigenvalue weighted by molar-refractivity contribution is -0.137. The number of nitrogens with zero attached hydrogens (tertiary/aromatic N) is 1. The second-order valence-electron chi connectivity index (χ2n) is 6.12. The van der Waals surface area contributed by atoms with Gasteiger partial charge in [0.15, 0.2) is 0 Å². The number of fused-ring (bicyclic) bond motifs is 1. The number of benzene rings is 1. The zero-order valence-corrected chi connectivity index (χ0v) is 13.4. The number of aromatic amines is 1. The van der Waals surface area contributed by atoms with Crippen LogP contribution in [0.4, 0.5) is 0 Å². The summed E-state index contributed by atoms with van der Waals surface area (Å²) in [7, 11) is 0. The van der Waals surface area contributed by atoms with Gasteiger partial charge in [-0.05, 0) is 43.0 Å². The van der Waals surface area contributed by atoms with Gasteiger partial charge in [-0.3, -0.25) is 9.59 Å². The maximum Gasteiger partial charge on any atom is 0.323 e. The van der Waals surface area contributed by atoms with Crippen LogP contribution in [-0.4, -0.2) is 40.0 Å². The van der Waals surface area contributed by atoms with E-state index in [1.54, 1.807) is 0 Å². The van der Waals surface area contributed by atoms with Crippen LogP contribution in [0.3, 0.4) is 0 Å². The van der Waals surface area contributed by atoms with E-state index in [4.69, 9.17) is 5.11 Å². The lowest BCUT2D eigenvalue weighted by Crippen LogP contribution is -2.38. The number of carboxylic acids is 1. The van der Waals surface area contributed by atoms with Gasteiger partial charge >= 0.3 is 5.97 Å². The first-order chi connectivity index (χ1) is 10.3. The Bertz CT molecular complexity index is 716. The van der Waals surface area contributed by atoms with Gasteiger partial charge in [0.05, 0.1) is 0 Å². The molecule has 0 saturated carbocycles. The Labute approximate surface area is 129 Å². The molecule has 0 saturated heterocycles. The molecule has 0 spiro atoms. The lowest BCUT2D eigenvalue weighted by atomic mass is 10.1. The predicted octanol–water partition coefficient (Wildman–Crippen LogP) is 2.97. The molecule has 1 amide bonds. The second-order valence-corrected chi connectivity index (χ2v) is 6.12. The molecular formula is C17H22N2O3. The van der Waals surface area contributed by atoms with Crippen molar-refractivity contribution in [1.82, 2.24) is 9.88 Å². The van der Waals surface area contributed by atoms with Gasteiger partial charge < -0.3 is 15.0 Å². The molecule has 0 radical (unpaired) electrons. The monoisotopic (exact) mass is 302 g/mol. The largest absolute Gasteiger partial charge is 0.480 e. The highest BCUT2D eigenvalue weighted by Crippen LogP contribution is 2.23. The summed E-state index contributed by atoms with van der Waals surface area (Å²) in [6, 6.07) is 5.76. The fraction of sp³-hybridized carbons (Fsp3) is 0.412. The zero-order valence-electron chi connectivity index (χ0n) is 13.4. The molecule has 1 heterocycles. The number of hydrogen-bond donors (Lipinski definition) is 2. The molecule has 0 aliphatic heterocycles. The summed E-state index contributed by atoms with van der Waals surface area (Å²) in [5.74, 6) is -1.07. The molecule has 0 bridgehead atoms. The molecule has 2 N–H and O–H groups in total. The van der Waals surface area contributed by atoms with Crippen molar-refractivity contribution in [3.63, 3.8) is 0 Å². The second kappa shape index (κ2) is 6.22. The highest BCUT2D eigenvalue weighted by Gasteiger charge is 2.21. The Kier molecular flexibility index (Phi) is 4.54. The molecule has 0 aliphatic rings. The number of aliphatic carboxylic acids is 1. The molecule has 22 heavy (non-hydrogen) atoms. The smallest absolute Gasteiger partial charge is 0.323 e. The van der Waals surface area contributed by atoms with Gasteiger partial charge in [0.2, 0.25) is 0 Å². The Morgan fingerprint density at radius 1 is 1.27 bits per heavy atom. The van der Waals surface area contributed by atoms with Crippen LogP contribution in [0.25, 0.3) is 10.9 Å². The van der Waals surface area contributed by atoms with Crippen molar-refractivity contribution in [2.24, 2.45) is 5.92 Å². The average Bonchev–Trinajstić information content (AvgIpc) is 2.85. The fourth-order valence-electron chi connectivity index (χ4n) is 2.57. The predicted molar refractivity (Wildman–Crippen MR) is 86.2 cm³/mol. The number of H-pyrrole nitrogens is 1. The molecule has 0 unspecified atom stereocenters. The number of rotatable bonds is 5. The van der Waals surface area contributed by atoms with E-state index in [1.807, 2.05) is 45.9 Å². The molecule has 1 aromatic heterocycles. The molecule has 0 aliphatic carbocycles. The van der Waals surface area contributed by atoms with Crippen LogP contribution in [0.2, 0.25) is 0 Å². The maximum absolute atomic E-state index is 12.6. The lowest BCUT2D eigenvalue weighted by Gasteiger charge is -2.22. The van der Waals surface area contributed by atoms with Crippen LogP contribution in [0.1, 0.15) is 35.5 Å². The van der Waals surface area contributed by atoms with E-state index in [0.717, 1.165) is 22.0 Å². The Morgan fingerprint density at radius 2 is 1.95 bits per heavy atom. The van der Waals surface area contributed by atoms with E-state index >= 15 is 0 Å². The van der Waals surface area contributed by atoms with Crippen molar-refractivity contribution < 1.29 is 14.7 Å². The number of carbonyl (C=O) groups excluding carboxylic acids is 1. The van der Waals surface area contributed by atoms with E-state index in [9.17, 15) is 9.59 Å². The van der Waals surface area contributed by atoms with Gasteiger partial charge in [-0.25, -0.2) is 0 Å². The molecule has 5 nitrogen and oxygen atoms in total. The molecular weight excluding hydrogens is 280 g/mol. The third-order valence-corrected chi connectivity index (χ3v) is 3.77. The standard InChI is InChI=1S/C17H22N2O3/c1-10(2)8-19(9-16(20)21)17(22)15-7-13-12(4)11(3)5-6-14(13)18-15/h5-7,10,18H,8-9H2,1-4H3,(H,20,21). The first-order valence-corrected chi connectivity index (χ1v) is 7.39. The van der Waals surface area contributed by atoms with Crippen LogP contribution in [0, 0.1) is 19.8 Å². The van der Waals surface area contributed by atoms with Crippen LogP contribution in [-0.2, 0) is 4.79 Å². The van der Waals surface area contributed by atoms with E-state index in [1.165, 1.54) is 4.90 Å². The normalized spacial score (nSPS) is 11.1. The molecule has 2 rings (SSSR count). The molecule has 118 valence electrons. The van der Waals surface area contributed by atoms with Crippen molar-refractivity contribution in [3.05, 3.63) is 35.0 Å². The highest BCUT2D eigenvalue weighted by molar-refractivity contribution is 6.00. The zero-order chi connectivity index (χ0) is 16.4. The van der Waals surface area contributed by atoms with Gasteiger partial charge in [-0.2, -0.15) is 0 Å². The number of amides is 1. The first-order valence-electron chi connectivity index (χ1n) is 7.39. The van der Waals surface area contributed by atoms with Crippen molar-refractivity contribution >= 4 is 22.8 Å². The van der Waals surface area contributed by atoms with Crippen molar-refractivity contribution in [1.29, 1.82) is 0 Å². The third-order valence-electron chi connectivity index (χ3n) is 3.77. The van der Waals surface area contributed by atoms with Gasteiger partial charge in [0.25, 0.3) is 5.91 Å². The number of aromatic nitrogens is 1. The molecule has 0 fully saturated rings. The summed E-state index contributed by atoms with van der Waals surface area (Å²) in [5, 5.41) is 10.0.